The molecule has 0 atom stereocenters. The van der Waals surface area contributed by atoms with Crippen LogP contribution in [0.25, 0.3) is 0 Å². The van der Waals surface area contributed by atoms with Gasteiger partial charge >= 0.3 is 0 Å². The molecule has 1 aliphatic carbocycles. The van der Waals surface area contributed by atoms with Gasteiger partial charge in [0.1, 0.15) is 5.82 Å². The van der Waals surface area contributed by atoms with Crippen molar-refractivity contribution >= 4 is 17.7 Å². The van der Waals surface area contributed by atoms with E-state index in [1.165, 1.54) is 12.1 Å². The number of hydrogen-bond donors (Lipinski definition) is 1. The zero-order valence-electron chi connectivity index (χ0n) is 15.5. The van der Waals surface area contributed by atoms with Crippen molar-refractivity contribution in [3.8, 4) is 0 Å². The third-order valence-corrected chi connectivity index (χ3v) is 5.39. The van der Waals surface area contributed by atoms with Gasteiger partial charge in [0.25, 0.3) is 0 Å². The van der Waals surface area contributed by atoms with Gasteiger partial charge in [-0.05, 0) is 30.5 Å². The SMILES string of the molecule is O=C(NCC(=O)N1CCN(C(=O)Cc2ccc(F)cc2)CC1)C1CCCC1. The summed E-state index contributed by atoms with van der Waals surface area (Å²) in [5.41, 5.74) is 0.773. The van der Waals surface area contributed by atoms with E-state index in [0.29, 0.717) is 26.2 Å². The molecule has 2 fully saturated rings. The van der Waals surface area contributed by atoms with Crippen LogP contribution in [0.15, 0.2) is 24.3 Å². The van der Waals surface area contributed by atoms with Crippen molar-refractivity contribution in [2.75, 3.05) is 32.7 Å². The number of rotatable bonds is 5. The predicted octanol–water partition coefficient (Wildman–Crippen LogP) is 1.35. The second kappa shape index (κ2) is 8.97. The standard InChI is InChI=1S/C20H26FN3O3/c21-17-7-5-15(6-8-17)13-18(25)23-9-11-24(12-10-23)19(26)14-22-20(27)16-3-1-2-4-16/h5-8,16H,1-4,9-14H2,(H,22,27). The maximum absolute atomic E-state index is 12.9. The molecular weight excluding hydrogens is 349 g/mol. The van der Waals surface area contributed by atoms with E-state index in [-0.39, 0.29) is 42.4 Å². The van der Waals surface area contributed by atoms with Gasteiger partial charge in [0.2, 0.25) is 17.7 Å². The molecule has 1 N–H and O–H groups in total. The van der Waals surface area contributed by atoms with Gasteiger partial charge in [-0.15, -0.1) is 0 Å². The minimum atomic E-state index is -0.321. The van der Waals surface area contributed by atoms with Crippen molar-refractivity contribution in [2.24, 2.45) is 5.92 Å². The molecule has 1 saturated carbocycles. The van der Waals surface area contributed by atoms with Crippen molar-refractivity contribution in [2.45, 2.75) is 32.1 Å². The summed E-state index contributed by atoms with van der Waals surface area (Å²) in [7, 11) is 0. The quantitative estimate of drug-likeness (QED) is 0.845. The minimum Gasteiger partial charge on any atom is -0.347 e. The van der Waals surface area contributed by atoms with Crippen LogP contribution in [0.3, 0.4) is 0 Å². The average Bonchev–Trinajstić information content (AvgIpc) is 3.22. The first-order valence-corrected chi connectivity index (χ1v) is 9.60. The topological polar surface area (TPSA) is 69.7 Å². The second-order valence-corrected chi connectivity index (χ2v) is 7.26. The molecule has 146 valence electrons. The monoisotopic (exact) mass is 375 g/mol. The summed E-state index contributed by atoms with van der Waals surface area (Å²) in [4.78, 5) is 40.1. The molecule has 1 aliphatic heterocycles. The summed E-state index contributed by atoms with van der Waals surface area (Å²) in [6.07, 6.45) is 4.22. The number of nitrogens with one attached hydrogen (secondary N) is 1. The summed E-state index contributed by atoms with van der Waals surface area (Å²) in [6, 6.07) is 5.91. The molecule has 0 spiro atoms. The molecule has 0 bridgehead atoms. The highest BCUT2D eigenvalue weighted by molar-refractivity contribution is 5.86. The normalized spacial score (nSPS) is 17.8. The predicted molar refractivity (Wildman–Crippen MR) is 98.2 cm³/mol. The summed E-state index contributed by atoms with van der Waals surface area (Å²) < 4.78 is 12.9. The maximum Gasteiger partial charge on any atom is 0.242 e. The Morgan fingerprint density at radius 3 is 2.07 bits per heavy atom. The lowest BCUT2D eigenvalue weighted by Gasteiger charge is -2.35. The van der Waals surface area contributed by atoms with Gasteiger partial charge in [-0.25, -0.2) is 4.39 Å². The Morgan fingerprint density at radius 1 is 0.926 bits per heavy atom. The van der Waals surface area contributed by atoms with Gasteiger partial charge in [-0.3, -0.25) is 14.4 Å². The van der Waals surface area contributed by atoms with Gasteiger partial charge in [-0.1, -0.05) is 25.0 Å². The van der Waals surface area contributed by atoms with Crippen molar-refractivity contribution in [3.63, 3.8) is 0 Å². The van der Waals surface area contributed by atoms with Crippen LogP contribution in [0.4, 0.5) is 4.39 Å². The fourth-order valence-corrected chi connectivity index (χ4v) is 3.70. The molecular formula is C20H26FN3O3. The smallest absolute Gasteiger partial charge is 0.242 e. The van der Waals surface area contributed by atoms with Crippen molar-refractivity contribution in [1.82, 2.24) is 15.1 Å². The first-order chi connectivity index (χ1) is 13.0. The third kappa shape index (κ3) is 5.28. The first-order valence-electron chi connectivity index (χ1n) is 9.60. The van der Waals surface area contributed by atoms with E-state index < -0.39 is 0 Å². The number of amides is 3. The van der Waals surface area contributed by atoms with E-state index in [4.69, 9.17) is 0 Å². The Morgan fingerprint density at radius 2 is 1.48 bits per heavy atom. The fraction of sp³-hybridized carbons (Fsp3) is 0.550. The largest absolute Gasteiger partial charge is 0.347 e. The highest BCUT2D eigenvalue weighted by Crippen LogP contribution is 2.24. The zero-order chi connectivity index (χ0) is 19.2. The second-order valence-electron chi connectivity index (χ2n) is 7.26. The number of carbonyl (C=O) groups is 3. The number of carbonyl (C=O) groups excluding carboxylic acids is 3. The first kappa shape index (κ1) is 19.3. The van der Waals surface area contributed by atoms with Crippen LogP contribution in [0.5, 0.6) is 0 Å². The molecule has 3 rings (SSSR count). The van der Waals surface area contributed by atoms with Crippen LogP contribution in [-0.2, 0) is 20.8 Å². The van der Waals surface area contributed by atoms with E-state index in [2.05, 4.69) is 5.32 Å². The average molecular weight is 375 g/mol. The van der Waals surface area contributed by atoms with Gasteiger partial charge in [0.05, 0.1) is 13.0 Å². The molecule has 2 aliphatic rings. The fourth-order valence-electron chi connectivity index (χ4n) is 3.70. The van der Waals surface area contributed by atoms with Crippen molar-refractivity contribution < 1.29 is 18.8 Å². The number of hydrogen-bond acceptors (Lipinski definition) is 3. The summed E-state index contributed by atoms with van der Waals surface area (Å²) >= 11 is 0. The Labute approximate surface area is 158 Å². The molecule has 27 heavy (non-hydrogen) atoms. The molecule has 7 heteroatoms. The number of piperazine rings is 1. The Kier molecular flexibility index (Phi) is 6.42. The molecule has 3 amide bonds. The molecule has 6 nitrogen and oxygen atoms in total. The van der Waals surface area contributed by atoms with Crippen molar-refractivity contribution in [1.29, 1.82) is 0 Å². The number of halogens is 1. The third-order valence-electron chi connectivity index (χ3n) is 5.39. The van der Waals surface area contributed by atoms with Crippen LogP contribution in [0.1, 0.15) is 31.2 Å². The van der Waals surface area contributed by atoms with E-state index in [1.54, 1.807) is 21.9 Å². The highest BCUT2D eigenvalue weighted by atomic mass is 19.1. The van der Waals surface area contributed by atoms with E-state index >= 15 is 0 Å². The molecule has 0 unspecified atom stereocenters. The molecule has 0 radical (unpaired) electrons. The Hall–Kier alpha value is -2.44. The van der Waals surface area contributed by atoms with Crippen LogP contribution in [0, 0.1) is 11.7 Å². The number of benzene rings is 1. The summed E-state index contributed by atoms with van der Waals surface area (Å²) in [5, 5.41) is 2.75. The van der Waals surface area contributed by atoms with Gasteiger partial charge in [-0.2, -0.15) is 0 Å². The minimum absolute atomic E-state index is 0.0195. The molecule has 1 saturated heterocycles. The molecule has 1 aromatic rings. The van der Waals surface area contributed by atoms with Crippen LogP contribution in [0.2, 0.25) is 0 Å². The summed E-state index contributed by atoms with van der Waals surface area (Å²) in [5.74, 6) is -0.415. The molecule has 0 aromatic heterocycles. The summed E-state index contributed by atoms with van der Waals surface area (Å²) in [6.45, 7) is 1.91. The van der Waals surface area contributed by atoms with E-state index in [9.17, 15) is 18.8 Å². The van der Waals surface area contributed by atoms with Crippen LogP contribution >= 0.6 is 0 Å². The van der Waals surface area contributed by atoms with Gasteiger partial charge < -0.3 is 15.1 Å². The van der Waals surface area contributed by atoms with Crippen molar-refractivity contribution in [3.05, 3.63) is 35.6 Å². The Balaban J connectivity index is 1.39. The maximum atomic E-state index is 12.9. The zero-order valence-corrected chi connectivity index (χ0v) is 15.5. The molecule has 1 heterocycles. The van der Waals surface area contributed by atoms with Gasteiger partial charge in [0.15, 0.2) is 0 Å². The lowest BCUT2D eigenvalue weighted by molar-refractivity contribution is -0.139. The van der Waals surface area contributed by atoms with E-state index in [1.807, 2.05) is 0 Å². The van der Waals surface area contributed by atoms with Gasteiger partial charge in [0, 0.05) is 32.1 Å². The highest BCUT2D eigenvalue weighted by Gasteiger charge is 2.26. The van der Waals surface area contributed by atoms with E-state index in [0.717, 1.165) is 31.2 Å². The number of nitrogens with zero attached hydrogens (tertiary/aromatic N) is 2. The van der Waals surface area contributed by atoms with Crippen LogP contribution in [-0.4, -0.2) is 60.2 Å². The Bertz CT molecular complexity index is 678. The molecule has 1 aromatic carbocycles. The lowest BCUT2D eigenvalue weighted by Crippen LogP contribution is -2.53. The lowest BCUT2D eigenvalue weighted by atomic mass is 10.1. The van der Waals surface area contributed by atoms with Crippen LogP contribution < -0.4 is 5.32 Å².